The number of nitrogens with zero attached hydrogens (tertiary/aromatic N) is 2. The Kier molecular flexibility index (Phi) is 4.09. The molecule has 0 bridgehead atoms. The van der Waals surface area contributed by atoms with Crippen molar-refractivity contribution in [1.82, 2.24) is 15.2 Å². The zero-order valence-corrected chi connectivity index (χ0v) is 13.0. The third kappa shape index (κ3) is 3.31. The summed E-state index contributed by atoms with van der Waals surface area (Å²) in [6.45, 7) is 14.4. The van der Waals surface area contributed by atoms with Gasteiger partial charge >= 0.3 is 0 Å². The lowest BCUT2D eigenvalue weighted by Crippen LogP contribution is -2.62. The van der Waals surface area contributed by atoms with Gasteiger partial charge in [-0.05, 0) is 26.7 Å². The average molecular weight is 267 g/mol. The molecule has 0 aliphatic carbocycles. The third-order valence-corrected chi connectivity index (χ3v) is 4.58. The van der Waals surface area contributed by atoms with Crippen molar-refractivity contribution < 1.29 is 0 Å². The van der Waals surface area contributed by atoms with Crippen molar-refractivity contribution in [1.29, 1.82) is 0 Å². The summed E-state index contributed by atoms with van der Waals surface area (Å²) in [5.74, 6) is 0.676. The van der Waals surface area contributed by atoms with Gasteiger partial charge in [0, 0.05) is 35.7 Å². The Bertz CT molecular complexity index is 397. The summed E-state index contributed by atoms with van der Waals surface area (Å²) in [5.41, 5.74) is 1.35. The van der Waals surface area contributed by atoms with Gasteiger partial charge in [-0.15, -0.1) is 11.3 Å². The van der Waals surface area contributed by atoms with Gasteiger partial charge in [-0.25, -0.2) is 4.98 Å². The zero-order chi connectivity index (χ0) is 13.3. The van der Waals surface area contributed by atoms with E-state index in [9.17, 15) is 0 Å². The second-order valence-electron chi connectivity index (χ2n) is 6.36. The van der Waals surface area contributed by atoms with Gasteiger partial charge in [0.1, 0.15) is 5.01 Å². The monoisotopic (exact) mass is 267 g/mol. The van der Waals surface area contributed by atoms with Gasteiger partial charge in [-0.1, -0.05) is 13.8 Å². The van der Waals surface area contributed by atoms with Gasteiger partial charge in [0.05, 0.1) is 6.54 Å². The predicted octanol–water partition coefficient (Wildman–Crippen LogP) is 2.66. The standard InChI is InChI=1S/C14H25N3S/c1-10(2)12-6-15-14(4,5)9-17(12)7-13-16-11(3)8-18-13/h8,10,12,15H,6-7,9H2,1-5H3. The Morgan fingerprint density at radius 2 is 2.28 bits per heavy atom. The number of piperazine rings is 1. The number of rotatable bonds is 3. The van der Waals surface area contributed by atoms with Crippen molar-refractivity contribution in [2.75, 3.05) is 13.1 Å². The van der Waals surface area contributed by atoms with E-state index >= 15 is 0 Å². The molecule has 0 radical (unpaired) electrons. The molecule has 102 valence electrons. The van der Waals surface area contributed by atoms with Crippen LogP contribution in [-0.2, 0) is 6.54 Å². The number of thiazole rings is 1. The van der Waals surface area contributed by atoms with Crippen LogP contribution in [0.4, 0.5) is 0 Å². The lowest BCUT2D eigenvalue weighted by atomic mass is 9.93. The summed E-state index contributed by atoms with van der Waals surface area (Å²) in [7, 11) is 0. The number of aryl methyl sites for hydroxylation is 1. The maximum absolute atomic E-state index is 4.60. The Hall–Kier alpha value is -0.450. The molecule has 1 aromatic rings. The van der Waals surface area contributed by atoms with Crippen LogP contribution in [0.3, 0.4) is 0 Å². The van der Waals surface area contributed by atoms with E-state index in [4.69, 9.17) is 0 Å². The minimum atomic E-state index is 0.206. The molecule has 1 aliphatic rings. The Balaban J connectivity index is 2.10. The fourth-order valence-corrected chi connectivity index (χ4v) is 3.47. The molecular weight excluding hydrogens is 242 g/mol. The predicted molar refractivity (Wildman–Crippen MR) is 78.0 cm³/mol. The van der Waals surface area contributed by atoms with E-state index in [-0.39, 0.29) is 5.54 Å². The topological polar surface area (TPSA) is 28.2 Å². The molecule has 2 heterocycles. The Morgan fingerprint density at radius 3 is 2.83 bits per heavy atom. The maximum Gasteiger partial charge on any atom is 0.107 e. The zero-order valence-electron chi connectivity index (χ0n) is 12.2. The van der Waals surface area contributed by atoms with E-state index in [0.717, 1.165) is 25.3 Å². The van der Waals surface area contributed by atoms with Gasteiger partial charge in [0.25, 0.3) is 0 Å². The molecule has 1 saturated heterocycles. The van der Waals surface area contributed by atoms with E-state index in [1.165, 1.54) is 5.01 Å². The van der Waals surface area contributed by atoms with Crippen molar-refractivity contribution in [2.24, 2.45) is 5.92 Å². The lowest BCUT2D eigenvalue weighted by molar-refractivity contribution is 0.0626. The fraction of sp³-hybridized carbons (Fsp3) is 0.786. The quantitative estimate of drug-likeness (QED) is 0.912. The van der Waals surface area contributed by atoms with E-state index in [0.29, 0.717) is 12.0 Å². The minimum absolute atomic E-state index is 0.206. The molecule has 1 N–H and O–H groups in total. The van der Waals surface area contributed by atoms with Crippen LogP contribution in [0.25, 0.3) is 0 Å². The Labute approximate surface area is 115 Å². The summed E-state index contributed by atoms with van der Waals surface area (Å²) in [6, 6.07) is 0.613. The van der Waals surface area contributed by atoms with Crippen molar-refractivity contribution in [3.05, 3.63) is 16.1 Å². The van der Waals surface area contributed by atoms with Crippen molar-refractivity contribution in [2.45, 2.75) is 52.7 Å². The highest BCUT2D eigenvalue weighted by atomic mass is 32.1. The first-order valence-electron chi connectivity index (χ1n) is 6.77. The second-order valence-corrected chi connectivity index (χ2v) is 7.31. The molecule has 18 heavy (non-hydrogen) atoms. The highest BCUT2D eigenvalue weighted by molar-refractivity contribution is 7.09. The van der Waals surface area contributed by atoms with E-state index in [1.54, 1.807) is 11.3 Å². The average Bonchev–Trinajstić information content (AvgIpc) is 2.62. The van der Waals surface area contributed by atoms with Crippen molar-refractivity contribution in [3.63, 3.8) is 0 Å². The lowest BCUT2D eigenvalue weighted by Gasteiger charge is -2.46. The Morgan fingerprint density at radius 1 is 1.56 bits per heavy atom. The highest BCUT2D eigenvalue weighted by Crippen LogP contribution is 2.23. The molecule has 1 aromatic heterocycles. The summed E-state index contributed by atoms with van der Waals surface area (Å²) in [5, 5.41) is 7.04. The van der Waals surface area contributed by atoms with Gasteiger partial charge in [-0.3, -0.25) is 4.90 Å². The molecule has 1 fully saturated rings. The van der Waals surface area contributed by atoms with E-state index in [1.807, 2.05) is 0 Å². The largest absolute Gasteiger partial charge is 0.309 e. The number of aromatic nitrogens is 1. The first kappa shape index (κ1) is 14.0. The highest BCUT2D eigenvalue weighted by Gasteiger charge is 2.34. The second kappa shape index (κ2) is 5.27. The fourth-order valence-electron chi connectivity index (χ4n) is 2.67. The minimum Gasteiger partial charge on any atom is -0.309 e. The summed E-state index contributed by atoms with van der Waals surface area (Å²) in [4.78, 5) is 7.20. The summed E-state index contributed by atoms with van der Waals surface area (Å²) in [6.07, 6.45) is 0. The molecule has 3 nitrogen and oxygen atoms in total. The van der Waals surface area contributed by atoms with Crippen LogP contribution in [0, 0.1) is 12.8 Å². The molecule has 0 saturated carbocycles. The van der Waals surface area contributed by atoms with Crippen LogP contribution in [0.15, 0.2) is 5.38 Å². The van der Waals surface area contributed by atoms with Crippen LogP contribution in [0.5, 0.6) is 0 Å². The third-order valence-electron chi connectivity index (χ3n) is 3.63. The normalized spacial score (nSPS) is 24.7. The molecule has 1 aliphatic heterocycles. The SMILES string of the molecule is Cc1csc(CN2CC(C)(C)NCC2C(C)C)n1. The maximum atomic E-state index is 4.60. The van der Waals surface area contributed by atoms with Gasteiger partial charge in [0.15, 0.2) is 0 Å². The number of hydrogen-bond acceptors (Lipinski definition) is 4. The van der Waals surface area contributed by atoms with Crippen LogP contribution in [0.2, 0.25) is 0 Å². The summed E-state index contributed by atoms with van der Waals surface area (Å²) < 4.78 is 0. The molecule has 0 amide bonds. The first-order valence-corrected chi connectivity index (χ1v) is 7.65. The number of hydrogen-bond donors (Lipinski definition) is 1. The van der Waals surface area contributed by atoms with Crippen LogP contribution < -0.4 is 5.32 Å². The molecule has 4 heteroatoms. The van der Waals surface area contributed by atoms with Crippen molar-refractivity contribution in [3.8, 4) is 0 Å². The van der Waals surface area contributed by atoms with Gasteiger partial charge in [0.2, 0.25) is 0 Å². The smallest absolute Gasteiger partial charge is 0.107 e. The van der Waals surface area contributed by atoms with Crippen LogP contribution in [0.1, 0.15) is 38.4 Å². The van der Waals surface area contributed by atoms with Gasteiger partial charge < -0.3 is 5.32 Å². The number of nitrogens with one attached hydrogen (secondary N) is 1. The molecule has 0 spiro atoms. The van der Waals surface area contributed by atoms with E-state index < -0.39 is 0 Å². The van der Waals surface area contributed by atoms with Crippen LogP contribution >= 0.6 is 11.3 Å². The molecule has 2 rings (SSSR count). The molecular formula is C14H25N3S. The first-order chi connectivity index (χ1) is 8.37. The van der Waals surface area contributed by atoms with E-state index in [2.05, 4.69) is 55.2 Å². The van der Waals surface area contributed by atoms with Gasteiger partial charge in [-0.2, -0.15) is 0 Å². The van der Waals surface area contributed by atoms with Crippen molar-refractivity contribution >= 4 is 11.3 Å². The molecule has 1 unspecified atom stereocenters. The molecule has 0 aromatic carbocycles. The van der Waals surface area contributed by atoms with Crippen LogP contribution in [-0.4, -0.2) is 34.6 Å². The summed E-state index contributed by atoms with van der Waals surface area (Å²) >= 11 is 1.78. The molecule has 1 atom stereocenters.